The quantitative estimate of drug-likeness (QED) is 0.599. The summed E-state index contributed by atoms with van der Waals surface area (Å²) in [6.07, 6.45) is 0. The van der Waals surface area contributed by atoms with Crippen molar-refractivity contribution in [3.8, 4) is 5.75 Å². The first-order valence-corrected chi connectivity index (χ1v) is 3.73. The van der Waals surface area contributed by atoms with Crippen molar-refractivity contribution < 1.29 is 9.78 Å². The molecule has 0 radical (unpaired) electrons. The van der Waals surface area contributed by atoms with Crippen LogP contribution < -0.4 is 4.89 Å². The van der Waals surface area contributed by atoms with E-state index in [4.69, 9.17) is 9.78 Å². The summed E-state index contributed by atoms with van der Waals surface area (Å²) >= 11 is 3.35. The summed E-state index contributed by atoms with van der Waals surface area (Å²) in [6, 6.07) is 5.79. The molecule has 1 heterocycles. The van der Waals surface area contributed by atoms with Gasteiger partial charge in [-0.25, -0.2) is 0 Å². The lowest BCUT2D eigenvalue weighted by Crippen LogP contribution is -1.80. The van der Waals surface area contributed by atoms with Gasteiger partial charge in [0.25, 0.3) is 0 Å². The highest BCUT2D eigenvalue weighted by atomic mass is 79.9. The van der Waals surface area contributed by atoms with Crippen LogP contribution in [-0.4, -0.2) is 0 Å². The SMILES string of the molecule is Brc1ccc2c(c1)COO2. The van der Waals surface area contributed by atoms with Crippen molar-refractivity contribution in [1.82, 2.24) is 0 Å². The fourth-order valence-electron chi connectivity index (χ4n) is 0.899. The van der Waals surface area contributed by atoms with Crippen molar-refractivity contribution in [2.24, 2.45) is 0 Å². The molecule has 0 spiro atoms. The van der Waals surface area contributed by atoms with Gasteiger partial charge >= 0.3 is 0 Å². The summed E-state index contributed by atoms with van der Waals surface area (Å²) in [5.74, 6) is 0.822. The smallest absolute Gasteiger partial charge is 0.171 e. The minimum atomic E-state index is 0.550. The molecule has 0 unspecified atom stereocenters. The predicted octanol–water partition coefficient (Wildman–Crippen LogP) is 2.27. The third-order valence-electron chi connectivity index (χ3n) is 1.39. The zero-order valence-corrected chi connectivity index (χ0v) is 6.72. The Kier molecular flexibility index (Phi) is 1.39. The van der Waals surface area contributed by atoms with E-state index in [9.17, 15) is 0 Å². The van der Waals surface area contributed by atoms with E-state index in [-0.39, 0.29) is 0 Å². The number of hydrogen-bond acceptors (Lipinski definition) is 2. The summed E-state index contributed by atoms with van der Waals surface area (Å²) in [4.78, 5) is 9.58. The average molecular weight is 201 g/mol. The van der Waals surface area contributed by atoms with Crippen LogP contribution in [0.3, 0.4) is 0 Å². The Labute approximate surface area is 66.8 Å². The Morgan fingerprint density at radius 1 is 1.40 bits per heavy atom. The standard InChI is InChI=1S/C7H5BrO2/c8-6-1-2-7-5(3-6)4-9-10-7/h1-3H,4H2. The lowest BCUT2D eigenvalue weighted by molar-refractivity contribution is -0.194. The summed E-state index contributed by atoms with van der Waals surface area (Å²) in [5, 5.41) is 0. The van der Waals surface area contributed by atoms with Crippen LogP contribution in [0.5, 0.6) is 5.75 Å². The summed E-state index contributed by atoms with van der Waals surface area (Å²) in [7, 11) is 0. The van der Waals surface area contributed by atoms with Gasteiger partial charge in [-0.05, 0) is 18.2 Å². The van der Waals surface area contributed by atoms with Gasteiger partial charge in [-0.1, -0.05) is 15.9 Å². The van der Waals surface area contributed by atoms with Gasteiger partial charge < -0.3 is 4.89 Å². The van der Waals surface area contributed by atoms with E-state index in [0.29, 0.717) is 6.61 Å². The molecule has 0 N–H and O–H groups in total. The molecule has 0 aromatic heterocycles. The first-order chi connectivity index (χ1) is 4.86. The number of benzene rings is 1. The number of halogens is 1. The summed E-state index contributed by atoms with van der Waals surface area (Å²) in [6.45, 7) is 0.550. The molecule has 52 valence electrons. The largest absolute Gasteiger partial charge is 0.337 e. The second-order valence-corrected chi connectivity index (χ2v) is 3.01. The summed E-state index contributed by atoms with van der Waals surface area (Å²) in [5.41, 5.74) is 1.09. The molecule has 0 bridgehead atoms. The lowest BCUT2D eigenvalue weighted by atomic mass is 10.2. The van der Waals surface area contributed by atoms with Crippen LogP contribution in [0.25, 0.3) is 0 Å². The molecule has 0 atom stereocenters. The molecule has 2 rings (SSSR count). The highest BCUT2D eigenvalue weighted by Crippen LogP contribution is 2.28. The van der Waals surface area contributed by atoms with Crippen LogP contribution in [-0.2, 0) is 11.5 Å². The van der Waals surface area contributed by atoms with Crippen molar-refractivity contribution in [2.75, 3.05) is 0 Å². The molecule has 0 fully saturated rings. The highest BCUT2D eigenvalue weighted by molar-refractivity contribution is 9.10. The van der Waals surface area contributed by atoms with Crippen molar-refractivity contribution >= 4 is 15.9 Å². The molecule has 0 saturated carbocycles. The van der Waals surface area contributed by atoms with E-state index >= 15 is 0 Å². The second-order valence-electron chi connectivity index (χ2n) is 2.10. The van der Waals surface area contributed by atoms with Crippen LogP contribution >= 0.6 is 15.9 Å². The zero-order valence-electron chi connectivity index (χ0n) is 5.13. The molecule has 10 heavy (non-hydrogen) atoms. The van der Waals surface area contributed by atoms with Crippen LogP contribution in [0, 0.1) is 0 Å². The van der Waals surface area contributed by atoms with Crippen molar-refractivity contribution in [3.05, 3.63) is 28.2 Å². The fourth-order valence-corrected chi connectivity index (χ4v) is 1.31. The van der Waals surface area contributed by atoms with E-state index in [0.717, 1.165) is 15.8 Å². The third kappa shape index (κ3) is 0.914. The average Bonchev–Trinajstić information content (AvgIpc) is 2.33. The van der Waals surface area contributed by atoms with E-state index < -0.39 is 0 Å². The lowest BCUT2D eigenvalue weighted by Gasteiger charge is -1.92. The van der Waals surface area contributed by atoms with E-state index in [1.165, 1.54) is 0 Å². The minimum absolute atomic E-state index is 0.550. The molecule has 1 aliphatic heterocycles. The van der Waals surface area contributed by atoms with Crippen molar-refractivity contribution in [2.45, 2.75) is 6.61 Å². The number of hydrogen-bond donors (Lipinski definition) is 0. The van der Waals surface area contributed by atoms with Gasteiger partial charge in [-0.3, -0.25) is 0 Å². The maximum absolute atomic E-state index is 4.83. The predicted molar refractivity (Wildman–Crippen MR) is 39.6 cm³/mol. The summed E-state index contributed by atoms with van der Waals surface area (Å²) < 4.78 is 1.06. The molecular formula is C7H5BrO2. The van der Waals surface area contributed by atoms with Crippen LogP contribution in [0.4, 0.5) is 0 Å². The molecule has 1 aromatic rings. The molecule has 0 saturated heterocycles. The Bertz CT molecular complexity index is 260. The third-order valence-corrected chi connectivity index (χ3v) is 1.88. The van der Waals surface area contributed by atoms with E-state index in [1.807, 2.05) is 18.2 Å². The van der Waals surface area contributed by atoms with Crippen molar-refractivity contribution in [3.63, 3.8) is 0 Å². The van der Waals surface area contributed by atoms with Crippen LogP contribution in [0.15, 0.2) is 22.7 Å². The Hall–Kier alpha value is -0.540. The van der Waals surface area contributed by atoms with Gasteiger partial charge in [-0.2, -0.15) is 4.89 Å². The molecule has 3 heteroatoms. The van der Waals surface area contributed by atoms with Gasteiger partial charge in [-0.15, -0.1) is 0 Å². The maximum atomic E-state index is 4.83. The van der Waals surface area contributed by atoms with Gasteiger partial charge in [0.05, 0.1) is 0 Å². The number of rotatable bonds is 0. The molecule has 0 aliphatic carbocycles. The van der Waals surface area contributed by atoms with Crippen molar-refractivity contribution in [1.29, 1.82) is 0 Å². The first-order valence-electron chi connectivity index (χ1n) is 2.94. The topological polar surface area (TPSA) is 18.5 Å². The number of fused-ring (bicyclic) bond motifs is 1. The fraction of sp³-hybridized carbons (Fsp3) is 0.143. The van der Waals surface area contributed by atoms with Gasteiger partial charge in [0.2, 0.25) is 0 Å². The van der Waals surface area contributed by atoms with E-state index in [1.54, 1.807) is 0 Å². The maximum Gasteiger partial charge on any atom is 0.171 e. The monoisotopic (exact) mass is 200 g/mol. The highest BCUT2D eigenvalue weighted by Gasteiger charge is 2.12. The molecular weight excluding hydrogens is 196 g/mol. The van der Waals surface area contributed by atoms with Gasteiger partial charge in [0.15, 0.2) is 5.75 Å². The van der Waals surface area contributed by atoms with Gasteiger partial charge in [0, 0.05) is 10.0 Å². The first kappa shape index (κ1) is 6.19. The Balaban J connectivity index is 2.52. The van der Waals surface area contributed by atoms with E-state index in [2.05, 4.69) is 15.9 Å². The Morgan fingerprint density at radius 3 is 3.20 bits per heavy atom. The molecule has 1 aromatic carbocycles. The Morgan fingerprint density at radius 2 is 2.30 bits per heavy atom. The minimum Gasteiger partial charge on any atom is -0.337 e. The zero-order chi connectivity index (χ0) is 6.97. The van der Waals surface area contributed by atoms with Crippen LogP contribution in [0.1, 0.15) is 5.56 Å². The normalized spacial score (nSPS) is 14.5. The second kappa shape index (κ2) is 2.25. The van der Waals surface area contributed by atoms with Crippen LogP contribution in [0.2, 0.25) is 0 Å². The molecule has 0 amide bonds. The molecule has 2 nitrogen and oxygen atoms in total. The van der Waals surface area contributed by atoms with Gasteiger partial charge in [0.1, 0.15) is 6.61 Å². The molecule has 1 aliphatic rings.